The summed E-state index contributed by atoms with van der Waals surface area (Å²) >= 11 is 0. The Morgan fingerprint density at radius 1 is 0.911 bits per heavy atom. The minimum Gasteiger partial charge on any atom is -0.380 e. The van der Waals surface area contributed by atoms with Gasteiger partial charge in [0.25, 0.3) is 17.7 Å². The molecule has 56 heavy (non-hydrogen) atoms. The fraction of sp³-hybridized carbons (Fsp3) is 0.318. The summed E-state index contributed by atoms with van der Waals surface area (Å²) in [6.07, 6.45) is 7.37. The number of hydrogen-bond acceptors (Lipinski definition) is 8. The Kier molecular flexibility index (Phi) is 10.1. The van der Waals surface area contributed by atoms with Gasteiger partial charge in [0.1, 0.15) is 11.9 Å². The van der Waals surface area contributed by atoms with Crippen LogP contribution in [-0.2, 0) is 11.3 Å². The van der Waals surface area contributed by atoms with Crippen molar-refractivity contribution in [2.45, 2.75) is 89.4 Å². The number of aromatic nitrogens is 3. The number of amides is 4. The van der Waals surface area contributed by atoms with Crippen molar-refractivity contribution in [1.82, 2.24) is 30.1 Å². The van der Waals surface area contributed by atoms with Crippen LogP contribution in [-0.4, -0.2) is 61.3 Å². The van der Waals surface area contributed by atoms with E-state index in [1.807, 2.05) is 59.1 Å². The van der Waals surface area contributed by atoms with E-state index < -0.39 is 17.9 Å². The molecule has 0 bridgehead atoms. The van der Waals surface area contributed by atoms with E-state index in [1.54, 1.807) is 24.4 Å². The van der Waals surface area contributed by atoms with E-state index in [0.717, 1.165) is 70.9 Å². The van der Waals surface area contributed by atoms with Crippen LogP contribution in [0.5, 0.6) is 0 Å². The van der Waals surface area contributed by atoms with Gasteiger partial charge in [0.15, 0.2) is 5.65 Å². The summed E-state index contributed by atoms with van der Waals surface area (Å²) < 4.78 is 1.86. The van der Waals surface area contributed by atoms with E-state index in [-0.39, 0.29) is 35.0 Å². The topological polar surface area (TPSA) is 150 Å². The maximum absolute atomic E-state index is 13.5. The van der Waals surface area contributed by atoms with Crippen molar-refractivity contribution >= 4 is 40.8 Å². The monoisotopic (exact) mass is 750 g/mol. The molecule has 3 aromatic carbocycles. The average molecular weight is 751 g/mol. The van der Waals surface area contributed by atoms with Crippen LogP contribution in [0, 0.1) is 0 Å². The molecule has 4 N–H and O–H groups in total. The molecule has 4 amide bonds. The molecule has 12 nitrogen and oxygen atoms in total. The van der Waals surface area contributed by atoms with Crippen molar-refractivity contribution in [1.29, 1.82) is 0 Å². The van der Waals surface area contributed by atoms with Crippen LogP contribution < -0.4 is 21.3 Å². The molecular weight excluding hydrogens is 705 g/mol. The molecule has 12 heteroatoms. The standard InChI is InChI=1S/C44H46N8O4/c1-4-28(5-2)36-24-39(52-38(50-36)21-22-46-52)48-32-18-19-33(23-32)49-41(53)31-16-14-30(15-17-31)29-12-10-27(11-13-29)25-45-35-8-6-7-34-40(35)44(56)51(43(34)55)37-20-9-26(3)47-42(37)54/h6-8,10-17,21-22,24,28,32-33,37,45,48H,3-5,9,18-20,23,25H2,1-2H3,(H,47,54)(H,49,53)/t32-,33-,37?/m0/s1. The van der Waals surface area contributed by atoms with Gasteiger partial charge >= 0.3 is 0 Å². The van der Waals surface area contributed by atoms with Gasteiger partial charge in [0.05, 0.1) is 17.3 Å². The van der Waals surface area contributed by atoms with Crippen LogP contribution in [0.25, 0.3) is 16.8 Å². The van der Waals surface area contributed by atoms with Gasteiger partial charge < -0.3 is 21.3 Å². The molecule has 2 aliphatic heterocycles. The van der Waals surface area contributed by atoms with Crippen LogP contribution in [0.3, 0.4) is 0 Å². The van der Waals surface area contributed by atoms with E-state index in [9.17, 15) is 19.2 Å². The van der Waals surface area contributed by atoms with Crippen molar-refractivity contribution in [2.75, 3.05) is 10.6 Å². The molecular formula is C44H46N8O4. The third-order valence-electron chi connectivity index (χ3n) is 11.4. The second-order valence-electron chi connectivity index (χ2n) is 15.0. The summed E-state index contributed by atoms with van der Waals surface area (Å²) in [7, 11) is 0. The smallest absolute Gasteiger partial charge is 0.264 e. The Morgan fingerprint density at radius 3 is 2.38 bits per heavy atom. The van der Waals surface area contributed by atoms with E-state index in [2.05, 4.69) is 52.9 Å². The predicted octanol–water partition coefficient (Wildman–Crippen LogP) is 7.06. The number of anilines is 2. The number of rotatable bonds is 12. The van der Waals surface area contributed by atoms with Crippen LogP contribution >= 0.6 is 0 Å². The first-order valence-electron chi connectivity index (χ1n) is 19.6. The zero-order valence-corrected chi connectivity index (χ0v) is 31.7. The minimum atomic E-state index is -0.860. The largest absolute Gasteiger partial charge is 0.380 e. The first kappa shape index (κ1) is 36.7. The van der Waals surface area contributed by atoms with E-state index >= 15 is 0 Å². The Hall–Kier alpha value is -6.30. The second kappa shape index (κ2) is 15.4. The van der Waals surface area contributed by atoms with Crippen molar-refractivity contribution in [2.24, 2.45) is 0 Å². The molecule has 1 saturated heterocycles. The second-order valence-corrected chi connectivity index (χ2v) is 15.0. The van der Waals surface area contributed by atoms with Crippen molar-refractivity contribution in [3.63, 3.8) is 0 Å². The fourth-order valence-electron chi connectivity index (χ4n) is 8.24. The lowest BCUT2D eigenvalue weighted by Crippen LogP contribution is -2.51. The molecule has 1 unspecified atom stereocenters. The molecule has 8 rings (SSSR count). The molecule has 3 aliphatic rings. The normalized spacial score (nSPS) is 19.4. The van der Waals surface area contributed by atoms with Gasteiger partial charge in [-0.15, -0.1) is 0 Å². The summed E-state index contributed by atoms with van der Waals surface area (Å²) in [5.74, 6) is -0.0579. The molecule has 4 heterocycles. The number of piperidine rings is 1. The highest BCUT2D eigenvalue weighted by Crippen LogP contribution is 2.34. The lowest BCUT2D eigenvalue weighted by Gasteiger charge is -2.29. The first-order chi connectivity index (χ1) is 27.2. The molecule has 5 aromatic rings. The Labute approximate surface area is 325 Å². The van der Waals surface area contributed by atoms with Crippen LogP contribution in [0.4, 0.5) is 11.5 Å². The molecule has 1 saturated carbocycles. The first-order valence-corrected chi connectivity index (χ1v) is 19.6. The number of benzene rings is 3. The van der Waals surface area contributed by atoms with E-state index in [4.69, 9.17) is 4.98 Å². The third kappa shape index (κ3) is 7.14. The van der Waals surface area contributed by atoms with Gasteiger partial charge in [-0.1, -0.05) is 62.9 Å². The van der Waals surface area contributed by atoms with E-state index in [0.29, 0.717) is 42.3 Å². The molecule has 2 aromatic heterocycles. The summed E-state index contributed by atoms with van der Waals surface area (Å²) in [6.45, 7) is 8.61. The van der Waals surface area contributed by atoms with Gasteiger partial charge in [0.2, 0.25) is 5.91 Å². The maximum Gasteiger partial charge on any atom is 0.264 e. The van der Waals surface area contributed by atoms with Gasteiger partial charge in [0, 0.05) is 59.3 Å². The van der Waals surface area contributed by atoms with Crippen molar-refractivity contribution in [3.05, 3.63) is 125 Å². The lowest BCUT2D eigenvalue weighted by atomic mass is 9.99. The molecule has 0 radical (unpaired) electrons. The molecule has 3 atom stereocenters. The summed E-state index contributed by atoms with van der Waals surface area (Å²) in [5, 5.41) is 17.4. The van der Waals surface area contributed by atoms with Gasteiger partial charge in [-0.3, -0.25) is 24.1 Å². The average Bonchev–Trinajstić information content (AvgIpc) is 3.93. The van der Waals surface area contributed by atoms with Crippen LogP contribution in [0.2, 0.25) is 0 Å². The molecule has 0 spiro atoms. The number of carbonyl (C=O) groups is 4. The summed E-state index contributed by atoms with van der Waals surface area (Å²) in [6, 6.07) is 24.3. The van der Waals surface area contributed by atoms with Crippen LogP contribution in [0.1, 0.15) is 107 Å². The highest BCUT2D eigenvalue weighted by Gasteiger charge is 2.45. The number of nitrogens with one attached hydrogen (secondary N) is 4. The van der Waals surface area contributed by atoms with E-state index in [1.165, 1.54) is 0 Å². The van der Waals surface area contributed by atoms with Gasteiger partial charge in [-0.2, -0.15) is 9.61 Å². The zero-order valence-electron chi connectivity index (χ0n) is 31.7. The third-order valence-corrected chi connectivity index (χ3v) is 11.4. The fourth-order valence-corrected chi connectivity index (χ4v) is 8.24. The SMILES string of the molecule is C=C1CCC(N2C(=O)c3cccc(NCc4ccc(-c5ccc(C(=O)N[C@H]6CC[C@H](Nc7cc(C(CC)CC)nc8ccnn78)C6)cc5)cc4)c3C2=O)C(=O)N1. The predicted molar refractivity (Wildman–Crippen MR) is 215 cm³/mol. The quantitative estimate of drug-likeness (QED) is 0.0991. The number of carbonyl (C=O) groups excluding carboxylic acids is 4. The number of imide groups is 1. The van der Waals surface area contributed by atoms with Gasteiger partial charge in [-0.25, -0.2) is 4.98 Å². The highest BCUT2D eigenvalue weighted by atomic mass is 16.2. The maximum atomic E-state index is 13.5. The van der Waals surface area contributed by atoms with Crippen LogP contribution in [0.15, 0.2) is 97.3 Å². The zero-order chi connectivity index (χ0) is 38.9. The number of allylic oxidation sites excluding steroid dienone is 1. The summed E-state index contributed by atoms with van der Waals surface area (Å²) in [5.41, 5.74) is 7.22. The summed E-state index contributed by atoms with van der Waals surface area (Å²) in [4.78, 5) is 58.6. The Bertz CT molecular complexity index is 2330. The van der Waals surface area contributed by atoms with Crippen molar-refractivity contribution < 1.29 is 19.2 Å². The number of fused-ring (bicyclic) bond motifs is 2. The van der Waals surface area contributed by atoms with Gasteiger partial charge in [-0.05, 0) is 85.9 Å². The Morgan fingerprint density at radius 2 is 1.64 bits per heavy atom. The molecule has 286 valence electrons. The number of hydrogen-bond donors (Lipinski definition) is 4. The lowest BCUT2D eigenvalue weighted by molar-refractivity contribution is -0.125. The molecule has 1 aliphatic carbocycles. The molecule has 2 fully saturated rings. The minimum absolute atomic E-state index is 0.0723. The number of nitrogens with zero attached hydrogens (tertiary/aromatic N) is 4. The van der Waals surface area contributed by atoms with Crippen molar-refractivity contribution in [3.8, 4) is 11.1 Å². The Balaban J connectivity index is 0.855. The highest BCUT2D eigenvalue weighted by molar-refractivity contribution is 6.25.